The Morgan fingerprint density at radius 1 is 0.450 bits per heavy atom. The molecule has 0 unspecified atom stereocenters. The van der Waals surface area contributed by atoms with Gasteiger partial charge < -0.3 is 52.3 Å². The summed E-state index contributed by atoms with van der Waals surface area (Å²) >= 11 is 0. The van der Waals surface area contributed by atoms with E-state index >= 15 is 0 Å². The van der Waals surface area contributed by atoms with Crippen LogP contribution in [0, 0.1) is 0 Å². The van der Waals surface area contributed by atoms with Crippen LogP contribution in [0.3, 0.4) is 0 Å². The fourth-order valence-corrected chi connectivity index (χ4v) is 1.48. The van der Waals surface area contributed by atoms with Gasteiger partial charge in [-0.2, -0.15) is 0 Å². The Kier molecular flexibility index (Phi) is 40.9. The normalized spacial score (nSPS) is 8.75. The maximum Gasteiger partial charge on any atom is 0.317 e. The van der Waals surface area contributed by atoms with Gasteiger partial charge in [0, 0.05) is 53.2 Å². The monoisotopic (exact) mass is 590 g/mol. The van der Waals surface area contributed by atoms with Crippen LogP contribution in [0.1, 0.15) is 27.7 Å². The summed E-state index contributed by atoms with van der Waals surface area (Å²) in [6.45, 7) is 2.08. The van der Waals surface area contributed by atoms with Gasteiger partial charge in [-0.15, -0.1) is 0 Å². The molecule has 0 spiro atoms. The summed E-state index contributed by atoms with van der Waals surface area (Å²) in [4.78, 5) is 80.4. The minimum Gasteiger partial charge on any atom is -0.481 e. The molecule has 0 aliphatic rings. The summed E-state index contributed by atoms with van der Waals surface area (Å²) < 4.78 is 0. The van der Waals surface area contributed by atoms with Crippen molar-refractivity contribution in [2.24, 2.45) is 11.5 Å². The highest BCUT2D eigenvalue weighted by atomic mass is 16.4. The summed E-state index contributed by atoms with van der Waals surface area (Å²) in [5.41, 5.74) is 9.44. The molecule has 20 heteroatoms. The molecule has 0 saturated heterocycles. The molecule has 0 fully saturated rings. The van der Waals surface area contributed by atoms with Crippen molar-refractivity contribution in [1.29, 1.82) is 0 Å². The highest BCUT2D eigenvalue weighted by molar-refractivity contribution is 5.73. The number of aliphatic carboxylic acids is 8. The number of carboxylic acid groups (broad SMARTS) is 8. The number of nitrogens with zero attached hydrogens (tertiary/aromatic N) is 2. The molecular formula is C20H38N4O16. The molecule has 0 saturated carbocycles. The second kappa shape index (κ2) is 34.0. The van der Waals surface area contributed by atoms with Crippen molar-refractivity contribution in [2.75, 3.05) is 39.3 Å². The first kappa shape index (κ1) is 48.1. The molecule has 0 aromatic rings. The maximum atomic E-state index is 10.6. The van der Waals surface area contributed by atoms with Crippen molar-refractivity contribution in [3.63, 3.8) is 0 Å². The zero-order valence-corrected chi connectivity index (χ0v) is 22.3. The van der Waals surface area contributed by atoms with Crippen LogP contribution in [0.4, 0.5) is 0 Å². The number of carbonyl (C=O) groups is 8. The summed E-state index contributed by atoms with van der Waals surface area (Å²) in [7, 11) is 0. The van der Waals surface area contributed by atoms with Crippen molar-refractivity contribution < 1.29 is 79.2 Å². The van der Waals surface area contributed by atoms with Crippen LogP contribution in [0.15, 0.2) is 12.4 Å². The van der Waals surface area contributed by atoms with Gasteiger partial charge in [-0.05, 0) is 0 Å². The highest BCUT2D eigenvalue weighted by Gasteiger charge is 2.18. The first-order chi connectivity index (χ1) is 18.0. The quantitative estimate of drug-likeness (QED) is 0.120. The van der Waals surface area contributed by atoms with Gasteiger partial charge in [0.1, 0.15) is 0 Å². The average Bonchev–Trinajstić information content (AvgIpc) is 2.68. The molecule has 0 atom stereocenters. The van der Waals surface area contributed by atoms with Crippen LogP contribution < -0.4 is 11.5 Å². The fourth-order valence-electron chi connectivity index (χ4n) is 1.48. The molecule has 12 N–H and O–H groups in total. The molecule has 234 valence electrons. The molecule has 0 aliphatic carbocycles. The minimum atomic E-state index is -1.23. The van der Waals surface area contributed by atoms with Crippen LogP contribution in [-0.2, 0) is 38.4 Å². The lowest BCUT2D eigenvalue weighted by Gasteiger charge is -2.23. The first-order valence-electron chi connectivity index (χ1n) is 10.2. The second-order valence-corrected chi connectivity index (χ2v) is 6.46. The smallest absolute Gasteiger partial charge is 0.317 e. The summed E-state index contributed by atoms with van der Waals surface area (Å²) in [5, 5.41) is 64.1. The Morgan fingerprint density at radius 2 is 0.575 bits per heavy atom. The fraction of sp³-hybridized carbons (Fsp3) is 0.500. The third-order valence-corrected chi connectivity index (χ3v) is 2.28. The SMILES string of the molecule is CC(=O)O.CC(=O)O.CC(=O)O.CC(=O)O.NC=CN.O=C(O)CN(CCN(CC(=O)O)CC(=O)O)CC(=O)O. The van der Waals surface area contributed by atoms with E-state index in [1.807, 2.05) is 0 Å². The third-order valence-electron chi connectivity index (χ3n) is 2.28. The van der Waals surface area contributed by atoms with E-state index in [0.29, 0.717) is 0 Å². The van der Waals surface area contributed by atoms with Crippen LogP contribution in [0.2, 0.25) is 0 Å². The van der Waals surface area contributed by atoms with Crippen LogP contribution in [0.25, 0.3) is 0 Å². The lowest BCUT2D eigenvalue weighted by atomic mass is 10.4. The van der Waals surface area contributed by atoms with Crippen molar-refractivity contribution in [2.45, 2.75) is 27.7 Å². The molecule has 0 aliphatic heterocycles. The maximum absolute atomic E-state index is 10.6. The van der Waals surface area contributed by atoms with Crippen molar-refractivity contribution in [1.82, 2.24) is 9.80 Å². The van der Waals surface area contributed by atoms with Crippen molar-refractivity contribution in [3.8, 4) is 0 Å². The Hall–Kier alpha value is -4.98. The van der Waals surface area contributed by atoms with E-state index in [9.17, 15) is 19.2 Å². The van der Waals surface area contributed by atoms with E-state index in [0.717, 1.165) is 37.5 Å². The van der Waals surface area contributed by atoms with Gasteiger partial charge in [0.2, 0.25) is 0 Å². The molecule has 0 amide bonds. The lowest BCUT2D eigenvalue weighted by molar-refractivity contribution is -0.145. The van der Waals surface area contributed by atoms with E-state index < -0.39 is 73.9 Å². The van der Waals surface area contributed by atoms with Crippen LogP contribution in [0.5, 0.6) is 0 Å². The van der Waals surface area contributed by atoms with E-state index in [1.165, 1.54) is 12.4 Å². The number of carboxylic acids is 8. The molecule has 0 radical (unpaired) electrons. The number of hydrogen-bond donors (Lipinski definition) is 10. The van der Waals surface area contributed by atoms with E-state index in [2.05, 4.69) is 0 Å². The van der Waals surface area contributed by atoms with E-state index in [1.54, 1.807) is 0 Å². The third kappa shape index (κ3) is 117. The zero-order valence-electron chi connectivity index (χ0n) is 22.3. The Labute approximate surface area is 228 Å². The molecular weight excluding hydrogens is 552 g/mol. The summed E-state index contributed by atoms with van der Waals surface area (Å²) in [6.07, 6.45) is 2.56. The molecule has 0 aromatic carbocycles. The van der Waals surface area contributed by atoms with Crippen LogP contribution in [-0.4, -0.2) is 138 Å². The van der Waals surface area contributed by atoms with E-state index in [4.69, 9.17) is 71.5 Å². The zero-order chi connectivity index (χ0) is 33.4. The minimum absolute atomic E-state index is 0.0703. The summed E-state index contributed by atoms with van der Waals surface area (Å²) in [5.74, 6) is -8.24. The second-order valence-electron chi connectivity index (χ2n) is 6.46. The van der Waals surface area contributed by atoms with Gasteiger partial charge in [-0.25, -0.2) is 0 Å². The predicted molar refractivity (Wildman–Crippen MR) is 134 cm³/mol. The van der Waals surface area contributed by atoms with Gasteiger partial charge in [0.05, 0.1) is 26.2 Å². The van der Waals surface area contributed by atoms with Crippen molar-refractivity contribution in [3.05, 3.63) is 12.4 Å². The molecule has 40 heavy (non-hydrogen) atoms. The largest absolute Gasteiger partial charge is 0.481 e. The van der Waals surface area contributed by atoms with Crippen LogP contribution >= 0.6 is 0 Å². The molecule has 0 bridgehead atoms. The lowest BCUT2D eigenvalue weighted by Crippen LogP contribution is -2.43. The molecule has 0 heterocycles. The molecule has 20 nitrogen and oxygen atoms in total. The van der Waals surface area contributed by atoms with Gasteiger partial charge in [-0.1, -0.05) is 0 Å². The number of nitrogens with two attached hydrogens (primary N) is 2. The highest BCUT2D eigenvalue weighted by Crippen LogP contribution is 1.94. The van der Waals surface area contributed by atoms with E-state index in [-0.39, 0.29) is 13.1 Å². The topological polar surface area (TPSA) is 357 Å². The van der Waals surface area contributed by atoms with Gasteiger partial charge in [0.15, 0.2) is 0 Å². The van der Waals surface area contributed by atoms with Gasteiger partial charge >= 0.3 is 23.9 Å². The number of rotatable bonds is 11. The summed E-state index contributed by atoms with van der Waals surface area (Å²) in [6, 6.07) is 0. The average molecular weight is 591 g/mol. The Balaban J connectivity index is -0.000000116. The number of hydrogen-bond acceptors (Lipinski definition) is 12. The Morgan fingerprint density at radius 3 is 0.650 bits per heavy atom. The Bertz CT molecular complexity index is 665. The van der Waals surface area contributed by atoms with Gasteiger partial charge in [0.25, 0.3) is 23.9 Å². The predicted octanol–water partition coefficient (Wildman–Crippen LogP) is -2.33. The molecule has 0 aromatic heterocycles. The first-order valence-corrected chi connectivity index (χ1v) is 10.2. The van der Waals surface area contributed by atoms with Crippen molar-refractivity contribution >= 4 is 47.8 Å². The van der Waals surface area contributed by atoms with Gasteiger partial charge in [-0.3, -0.25) is 48.2 Å². The molecule has 0 rings (SSSR count). The standard InChI is InChI=1S/C10H16N2O8.C2H6N2.4C2H4O2/c13-7(14)3-11(4-8(15)16)1-2-12(5-9(17)18)6-10(19)20;3-1-2-4;4*1-2(3)4/h1-6H2,(H,13,14)(H,15,16)(H,17,18)(H,19,20);1-2H,3-4H2;4*1H3,(H,3,4).